The summed E-state index contributed by atoms with van der Waals surface area (Å²) in [6.45, 7) is 0.641. The standard InChI is InChI=1S/C26H29N3O4/c1-33-18-9-6-8-17(16-18)23-21-12-4-5-14-28(21)24(27-23)22-13-7-15-29(22)25(30)19-10-2-3-11-20(19)26(31)32/h4-6,8-9,12,14,16,19-20,22H,2-3,7,10-11,13,15H2,1H3,(H,31,32)/t19-,20+,22?/m1/s1. The van der Waals surface area contributed by atoms with E-state index in [9.17, 15) is 14.7 Å². The van der Waals surface area contributed by atoms with Crippen LogP contribution in [0.25, 0.3) is 16.8 Å². The van der Waals surface area contributed by atoms with Gasteiger partial charge in [-0.1, -0.05) is 31.0 Å². The zero-order valence-corrected chi connectivity index (χ0v) is 18.8. The monoisotopic (exact) mass is 447 g/mol. The largest absolute Gasteiger partial charge is 0.497 e. The van der Waals surface area contributed by atoms with E-state index in [1.165, 1.54) is 0 Å². The number of aliphatic carboxylic acids is 1. The summed E-state index contributed by atoms with van der Waals surface area (Å²) in [5, 5.41) is 9.70. The number of carbonyl (C=O) groups is 2. The van der Waals surface area contributed by atoms with E-state index >= 15 is 0 Å². The Labute approximate surface area is 193 Å². The first-order valence-corrected chi connectivity index (χ1v) is 11.7. The number of rotatable bonds is 5. The van der Waals surface area contributed by atoms with Crippen molar-refractivity contribution in [1.29, 1.82) is 0 Å². The Balaban J connectivity index is 1.53. The highest BCUT2D eigenvalue weighted by atomic mass is 16.5. The van der Waals surface area contributed by atoms with Gasteiger partial charge in [0.2, 0.25) is 5.91 Å². The summed E-state index contributed by atoms with van der Waals surface area (Å²) in [4.78, 5) is 32.4. The van der Waals surface area contributed by atoms with Crippen molar-refractivity contribution in [3.8, 4) is 17.0 Å². The molecular formula is C26H29N3O4. The van der Waals surface area contributed by atoms with Crippen molar-refractivity contribution in [3.05, 3.63) is 54.5 Å². The lowest BCUT2D eigenvalue weighted by Crippen LogP contribution is -2.42. The van der Waals surface area contributed by atoms with Crippen molar-refractivity contribution in [2.75, 3.05) is 13.7 Å². The number of imidazole rings is 1. The SMILES string of the molecule is COc1cccc(-c2nc(C3CCCN3C(=O)[C@@H]3CCCC[C@@H]3C(=O)O)n3ccccc23)c1. The quantitative estimate of drug-likeness (QED) is 0.620. The number of carboxylic acid groups (broad SMARTS) is 1. The first kappa shape index (κ1) is 21.5. The molecule has 172 valence electrons. The molecule has 1 unspecified atom stereocenters. The molecule has 0 radical (unpaired) electrons. The summed E-state index contributed by atoms with van der Waals surface area (Å²) >= 11 is 0. The number of ether oxygens (including phenoxy) is 1. The molecular weight excluding hydrogens is 418 g/mol. The van der Waals surface area contributed by atoms with Crippen molar-refractivity contribution in [1.82, 2.24) is 14.3 Å². The van der Waals surface area contributed by atoms with Crippen LogP contribution < -0.4 is 4.74 Å². The van der Waals surface area contributed by atoms with Gasteiger partial charge in [0.05, 0.1) is 36.2 Å². The van der Waals surface area contributed by atoms with Crippen LogP contribution in [-0.2, 0) is 9.59 Å². The number of carboxylic acids is 1. The molecule has 1 amide bonds. The number of hydrogen-bond acceptors (Lipinski definition) is 4. The van der Waals surface area contributed by atoms with E-state index in [1.807, 2.05) is 53.6 Å². The second kappa shape index (κ2) is 8.89. The Hall–Kier alpha value is -3.35. The number of methoxy groups -OCH3 is 1. The average molecular weight is 448 g/mol. The van der Waals surface area contributed by atoms with E-state index < -0.39 is 17.8 Å². The second-order valence-corrected chi connectivity index (χ2v) is 9.03. The molecule has 2 aromatic heterocycles. The van der Waals surface area contributed by atoms with E-state index in [-0.39, 0.29) is 11.9 Å². The molecule has 1 saturated carbocycles. The maximum Gasteiger partial charge on any atom is 0.307 e. The van der Waals surface area contributed by atoms with Crippen LogP contribution in [0, 0.1) is 11.8 Å². The van der Waals surface area contributed by atoms with Crippen molar-refractivity contribution >= 4 is 17.4 Å². The molecule has 3 heterocycles. The lowest BCUT2D eigenvalue weighted by molar-refractivity contribution is -0.152. The Kier molecular flexibility index (Phi) is 5.79. The third-order valence-electron chi connectivity index (χ3n) is 7.15. The summed E-state index contributed by atoms with van der Waals surface area (Å²) in [6.07, 6.45) is 6.71. The van der Waals surface area contributed by atoms with Gasteiger partial charge in [-0.05, 0) is 49.9 Å². The number of nitrogens with zero attached hydrogens (tertiary/aromatic N) is 3. The van der Waals surface area contributed by atoms with Gasteiger partial charge in [-0.3, -0.25) is 9.59 Å². The molecule has 0 bridgehead atoms. The molecule has 1 aliphatic heterocycles. The Morgan fingerprint density at radius 1 is 1.03 bits per heavy atom. The first-order chi connectivity index (χ1) is 16.1. The van der Waals surface area contributed by atoms with Gasteiger partial charge in [-0.25, -0.2) is 4.98 Å². The highest BCUT2D eigenvalue weighted by molar-refractivity contribution is 5.85. The minimum Gasteiger partial charge on any atom is -0.497 e. The Morgan fingerprint density at radius 3 is 2.64 bits per heavy atom. The van der Waals surface area contributed by atoms with Gasteiger partial charge in [0.25, 0.3) is 0 Å². The molecule has 1 aliphatic carbocycles. The zero-order chi connectivity index (χ0) is 22.9. The molecule has 3 aromatic rings. The smallest absolute Gasteiger partial charge is 0.307 e. The average Bonchev–Trinajstić information content (AvgIpc) is 3.48. The van der Waals surface area contributed by atoms with Crippen LogP contribution >= 0.6 is 0 Å². The Bertz CT molecular complexity index is 1190. The lowest BCUT2D eigenvalue weighted by atomic mass is 9.78. The van der Waals surface area contributed by atoms with Crippen molar-refractivity contribution in [2.24, 2.45) is 11.8 Å². The number of aromatic nitrogens is 2. The van der Waals surface area contributed by atoms with Crippen molar-refractivity contribution in [3.63, 3.8) is 0 Å². The molecule has 7 nitrogen and oxygen atoms in total. The van der Waals surface area contributed by atoms with Crippen molar-refractivity contribution < 1.29 is 19.4 Å². The lowest BCUT2D eigenvalue weighted by Gasteiger charge is -2.33. The van der Waals surface area contributed by atoms with Crippen molar-refractivity contribution in [2.45, 2.75) is 44.6 Å². The van der Waals surface area contributed by atoms with Crippen LogP contribution in [0.4, 0.5) is 0 Å². The second-order valence-electron chi connectivity index (χ2n) is 9.03. The highest BCUT2D eigenvalue weighted by Crippen LogP contribution is 2.39. The normalized spacial score (nSPS) is 23.1. The summed E-state index contributed by atoms with van der Waals surface area (Å²) in [6, 6.07) is 13.7. The molecule has 1 saturated heterocycles. The highest BCUT2D eigenvalue weighted by Gasteiger charge is 2.42. The minimum atomic E-state index is -0.852. The number of benzene rings is 1. The van der Waals surface area contributed by atoms with Gasteiger partial charge in [0.15, 0.2) is 0 Å². The van der Waals surface area contributed by atoms with E-state index in [0.29, 0.717) is 19.4 Å². The van der Waals surface area contributed by atoms with Crippen LogP contribution in [-0.4, -0.2) is 44.9 Å². The van der Waals surface area contributed by atoms with Crippen LogP contribution in [0.1, 0.15) is 50.4 Å². The molecule has 5 rings (SSSR count). The first-order valence-electron chi connectivity index (χ1n) is 11.7. The molecule has 33 heavy (non-hydrogen) atoms. The van der Waals surface area contributed by atoms with Crippen LogP contribution in [0.5, 0.6) is 5.75 Å². The Morgan fingerprint density at radius 2 is 1.85 bits per heavy atom. The fourth-order valence-electron chi connectivity index (χ4n) is 5.51. The summed E-state index contributed by atoms with van der Waals surface area (Å²) in [7, 11) is 1.65. The summed E-state index contributed by atoms with van der Waals surface area (Å²) in [5.74, 6) is -0.314. The molecule has 3 atom stereocenters. The zero-order valence-electron chi connectivity index (χ0n) is 18.8. The number of hydrogen-bond donors (Lipinski definition) is 1. The van der Waals surface area contributed by atoms with Gasteiger partial charge >= 0.3 is 5.97 Å². The van der Waals surface area contributed by atoms with Gasteiger partial charge in [-0.15, -0.1) is 0 Å². The summed E-state index contributed by atoms with van der Waals surface area (Å²) < 4.78 is 7.47. The van der Waals surface area contributed by atoms with Gasteiger partial charge in [0, 0.05) is 18.3 Å². The van der Waals surface area contributed by atoms with E-state index in [4.69, 9.17) is 9.72 Å². The minimum absolute atomic E-state index is 0.0276. The predicted molar refractivity (Wildman–Crippen MR) is 124 cm³/mol. The number of amides is 1. The molecule has 0 spiro atoms. The molecule has 1 N–H and O–H groups in total. The topological polar surface area (TPSA) is 84.1 Å². The third-order valence-corrected chi connectivity index (χ3v) is 7.15. The van der Waals surface area contributed by atoms with Crippen LogP contribution in [0.15, 0.2) is 48.7 Å². The van der Waals surface area contributed by atoms with Crippen LogP contribution in [0.3, 0.4) is 0 Å². The number of pyridine rings is 1. The fraction of sp³-hybridized carbons (Fsp3) is 0.423. The van der Waals surface area contributed by atoms with Gasteiger partial charge in [0.1, 0.15) is 11.6 Å². The van der Waals surface area contributed by atoms with E-state index in [0.717, 1.165) is 54.0 Å². The maximum absolute atomic E-state index is 13.6. The number of likely N-dealkylation sites (tertiary alicyclic amines) is 1. The number of fused-ring (bicyclic) bond motifs is 1. The molecule has 7 heteroatoms. The summed E-state index contributed by atoms with van der Waals surface area (Å²) in [5.41, 5.74) is 2.78. The molecule has 2 fully saturated rings. The predicted octanol–water partition coefficient (Wildman–Crippen LogP) is 4.56. The molecule has 2 aliphatic rings. The molecule has 1 aromatic carbocycles. The van der Waals surface area contributed by atoms with E-state index in [2.05, 4.69) is 4.40 Å². The third kappa shape index (κ3) is 3.86. The van der Waals surface area contributed by atoms with Gasteiger partial charge < -0.3 is 19.1 Å². The van der Waals surface area contributed by atoms with E-state index in [1.54, 1.807) is 7.11 Å². The van der Waals surface area contributed by atoms with Crippen LogP contribution in [0.2, 0.25) is 0 Å². The number of carbonyl (C=O) groups excluding carboxylic acids is 1. The fourth-order valence-corrected chi connectivity index (χ4v) is 5.51. The van der Waals surface area contributed by atoms with Gasteiger partial charge in [-0.2, -0.15) is 0 Å². The maximum atomic E-state index is 13.6.